The van der Waals surface area contributed by atoms with E-state index in [0.29, 0.717) is 11.8 Å². The monoisotopic (exact) mass is 262 g/mol. The lowest BCUT2D eigenvalue weighted by atomic mass is 9.95. The highest BCUT2D eigenvalue weighted by Gasteiger charge is 2.21. The van der Waals surface area contributed by atoms with Gasteiger partial charge in [0.25, 0.3) is 0 Å². The molecule has 106 valence electrons. The standard InChI is InChI=1S/C16H26N2O/c1-13(18-10-8-15(12-17)9-11-18)2-3-14-4-6-16(19)7-5-14/h4-7,13,15,19H,2-3,8-12,17H2,1H3. The third kappa shape index (κ3) is 4.22. The Morgan fingerprint density at radius 2 is 1.89 bits per heavy atom. The number of aryl methyl sites for hydroxylation is 1. The van der Waals surface area contributed by atoms with Crippen molar-refractivity contribution in [3.05, 3.63) is 29.8 Å². The molecule has 0 bridgehead atoms. The number of nitrogens with zero attached hydrogens (tertiary/aromatic N) is 1. The lowest BCUT2D eigenvalue weighted by Crippen LogP contribution is -2.41. The molecule has 0 aromatic heterocycles. The summed E-state index contributed by atoms with van der Waals surface area (Å²) < 4.78 is 0. The number of likely N-dealkylation sites (tertiary alicyclic amines) is 1. The molecule has 1 aliphatic heterocycles. The van der Waals surface area contributed by atoms with Gasteiger partial charge in [0.2, 0.25) is 0 Å². The Hall–Kier alpha value is -1.06. The highest BCUT2D eigenvalue weighted by molar-refractivity contribution is 5.25. The molecular weight excluding hydrogens is 236 g/mol. The summed E-state index contributed by atoms with van der Waals surface area (Å²) in [5, 5.41) is 9.27. The van der Waals surface area contributed by atoms with Gasteiger partial charge in [0.05, 0.1) is 0 Å². The minimum absolute atomic E-state index is 0.348. The van der Waals surface area contributed by atoms with E-state index in [2.05, 4.69) is 11.8 Å². The summed E-state index contributed by atoms with van der Waals surface area (Å²) in [4.78, 5) is 2.59. The van der Waals surface area contributed by atoms with Crippen LogP contribution in [0.15, 0.2) is 24.3 Å². The fraction of sp³-hybridized carbons (Fsp3) is 0.625. The van der Waals surface area contributed by atoms with E-state index in [1.807, 2.05) is 12.1 Å². The molecule has 1 aliphatic rings. The Bertz CT molecular complexity index is 369. The molecule has 0 spiro atoms. The van der Waals surface area contributed by atoms with Crippen LogP contribution >= 0.6 is 0 Å². The predicted octanol–water partition coefficient (Wildman–Crippen LogP) is 2.38. The summed E-state index contributed by atoms with van der Waals surface area (Å²) in [6, 6.07) is 8.21. The van der Waals surface area contributed by atoms with Crippen LogP contribution < -0.4 is 5.73 Å². The van der Waals surface area contributed by atoms with E-state index in [9.17, 15) is 5.11 Å². The molecule has 3 nitrogen and oxygen atoms in total. The molecule has 0 radical (unpaired) electrons. The average Bonchev–Trinajstić information content (AvgIpc) is 2.46. The van der Waals surface area contributed by atoms with Crippen molar-refractivity contribution >= 4 is 0 Å². The SMILES string of the molecule is CC(CCc1ccc(O)cc1)N1CCC(CN)CC1. The highest BCUT2D eigenvalue weighted by Crippen LogP contribution is 2.20. The van der Waals surface area contributed by atoms with Crippen LogP contribution in [-0.2, 0) is 6.42 Å². The summed E-state index contributed by atoms with van der Waals surface area (Å²) in [6.07, 6.45) is 4.76. The molecule has 0 amide bonds. The maximum absolute atomic E-state index is 9.27. The van der Waals surface area contributed by atoms with E-state index in [1.54, 1.807) is 12.1 Å². The lowest BCUT2D eigenvalue weighted by Gasteiger charge is -2.35. The average molecular weight is 262 g/mol. The Kier molecular flexibility index (Phi) is 5.23. The second kappa shape index (κ2) is 6.92. The summed E-state index contributed by atoms with van der Waals surface area (Å²) in [7, 11) is 0. The smallest absolute Gasteiger partial charge is 0.115 e. The highest BCUT2D eigenvalue weighted by atomic mass is 16.3. The molecule has 1 fully saturated rings. The van der Waals surface area contributed by atoms with Gasteiger partial charge in [-0.15, -0.1) is 0 Å². The van der Waals surface area contributed by atoms with E-state index in [0.717, 1.165) is 18.9 Å². The maximum Gasteiger partial charge on any atom is 0.115 e. The van der Waals surface area contributed by atoms with Crippen molar-refractivity contribution in [1.29, 1.82) is 0 Å². The maximum atomic E-state index is 9.27. The Morgan fingerprint density at radius 1 is 1.26 bits per heavy atom. The van der Waals surface area contributed by atoms with Gasteiger partial charge in [0, 0.05) is 6.04 Å². The molecule has 1 unspecified atom stereocenters. The van der Waals surface area contributed by atoms with Crippen LogP contribution in [0.3, 0.4) is 0 Å². The normalized spacial score (nSPS) is 19.5. The minimum atomic E-state index is 0.348. The van der Waals surface area contributed by atoms with Crippen LogP contribution in [0.5, 0.6) is 5.75 Å². The number of hydrogen-bond acceptors (Lipinski definition) is 3. The predicted molar refractivity (Wildman–Crippen MR) is 79.2 cm³/mol. The lowest BCUT2D eigenvalue weighted by molar-refractivity contribution is 0.138. The molecule has 0 aliphatic carbocycles. The van der Waals surface area contributed by atoms with Gasteiger partial charge >= 0.3 is 0 Å². The summed E-state index contributed by atoms with van der Waals surface area (Å²) in [5.41, 5.74) is 7.04. The fourth-order valence-electron chi connectivity index (χ4n) is 2.85. The zero-order valence-corrected chi connectivity index (χ0v) is 11.9. The Morgan fingerprint density at radius 3 is 2.47 bits per heavy atom. The molecular formula is C16H26N2O. The number of aromatic hydroxyl groups is 1. The second-order valence-electron chi connectivity index (χ2n) is 5.77. The first-order valence-electron chi connectivity index (χ1n) is 7.41. The van der Waals surface area contributed by atoms with Crippen LogP contribution in [0.4, 0.5) is 0 Å². The molecule has 0 saturated carbocycles. The van der Waals surface area contributed by atoms with Gasteiger partial charge in [-0.3, -0.25) is 0 Å². The number of phenolic OH excluding ortho intramolecular Hbond substituents is 1. The van der Waals surface area contributed by atoms with Gasteiger partial charge in [-0.2, -0.15) is 0 Å². The van der Waals surface area contributed by atoms with Gasteiger partial charge in [0.1, 0.15) is 5.75 Å². The van der Waals surface area contributed by atoms with E-state index in [-0.39, 0.29) is 0 Å². The van der Waals surface area contributed by atoms with Gasteiger partial charge in [0.15, 0.2) is 0 Å². The van der Waals surface area contributed by atoms with Crippen LogP contribution in [0, 0.1) is 5.92 Å². The van der Waals surface area contributed by atoms with E-state index >= 15 is 0 Å². The molecule has 3 heteroatoms. The van der Waals surface area contributed by atoms with Crippen LogP contribution in [0.1, 0.15) is 31.7 Å². The first-order valence-corrected chi connectivity index (χ1v) is 7.41. The number of rotatable bonds is 5. The molecule has 1 aromatic rings. The Balaban J connectivity index is 1.75. The van der Waals surface area contributed by atoms with Crippen molar-refractivity contribution in [3.63, 3.8) is 0 Å². The van der Waals surface area contributed by atoms with Gasteiger partial charge in [-0.05, 0) is 75.9 Å². The van der Waals surface area contributed by atoms with Gasteiger partial charge in [-0.25, -0.2) is 0 Å². The summed E-state index contributed by atoms with van der Waals surface area (Å²) in [5.74, 6) is 1.08. The number of phenols is 1. The van der Waals surface area contributed by atoms with Gasteiger partial charge < -0.3 is 15.7 Å². The first-order chi connectivity index (χ1) is 9.19. The third-order valence-electron chi connectivity index (χ3n) is 4.39. The fourth-order valence-corrected chi connectivity index (χ4v) is 2.85. The third-order valence-corrected chi connectivity index (χ3v) is 4.39. The minimum Gasteiger partial charge on any atom is -0.508 e. The molecule has 3 N–H and O–H groups in total. The molecule has 1 aromatic carbocycles. The summed E-state index contributed by atoms with van der Waals surface area (Å²) >= 11 is 0. The molecule has 1 heterocycles. The van der Waals surface area contributed by atoms with E-state index < -0.39 is 0 Å². The van der Waals surface area contributed by atoms with E-state index in [1.165, 1.54) is 37.9 Å². The van der Waals surface area contributed by atoms with Crippen molar-refractivity contribution in [2.75, 3.05) is 19.6 Å². The number of piperidine rings is 1. The number of benzene rings is 1. The van der Waals surface area contributed by atoms with Crippen molar-refractivity contribution in [3.8, 4) is 5.75 Å². The number of hydrogen-bond donors (Lipinski definition) is 2. The quantitative estimate of drug-likeness (QED) is 0.856. The largest absolute Gasteiger partial charge is 0.508 e. The number of nitrogens with two attached hydrogens (primary N) is 1. The molecule has 1 saturated heterocycles. The van der Waals surface area contributed by atoms with Crippen LogP contribution in [0.25, 0.3) is 0 Å². The Labute approximate surface area is 116 Å². The molecule has 2 rings (SSSR count). The van der Waals surface area contributed by atoms with Crippen LogP contribution in [0.2, 0.25) is 0 Å². The van der Waals surface area contributed by atoms with Crippen molar-refractivity contribution in [1.82, 2.24) is 4.90 Å². The zero-order chi connectivity index (χ0) is 13.7. The molecule has 19 heavy (non-hydrogen) atoms. The van der Waals surface area contributed by atoms with Crippen molar-refractivity contribution in [2.45, 2.75) is 38.6 Å². The second-order valence-corrected chi connectivity index (χ2v) is 5.77. The van der Waals surface area contributed by atoms with Gasteiger partial charge in [-0.1, -0.05) is 12.1 Å². The molecule has 1 atom stereocenters. The van der Waals surface area contributed by atoms with Crippen molar-refractivity contribution in [2.24, 2.45) is 11.7 Å². The topological polar surface area (TPSA) is 49.5 Å². The zero-order valence-electron chi connectivity index (χ0n) is 11.9. The first kappa shape index (κ1) is 14.4. The van der Waals surface area contributed by atoms with E-state index in [4.69, 9.17) is 5.73 Å². The summed E-state index contributed by atoms with van der Waals surface area (Å²) in [6.45, 7) is 5.55. The van der Waals surface area contributed by atoms with Crippen molar-refractivity contribution < 1.29 is 5.11 Å². The van der Waals surface area contributed by atoms with Crippen LogP contribution in [-0.4, -0.2) is 35.7 Å².